The largest absolute Gasteiger partial charge is 0.374 e. The molecule has 1 atom stereocenters. The summed E-state index contributed by atoms with van der Waals surface area (Å²) in [6.45, 7) is 8.36. The number of hydrogen-bond acceptors (Lipinski definition) is 1. The molecular formula is C26H33N2+. The SMILES string of the molecule is CC1(C)C(Cc2ccccc2)C(N2CCCC2)=CC=[N+]1CCc1ccccc1. The van der Waals surface area contributed by atoms with Crippen LogP contribution in [0, 0.1) is 5.92 Å². The minimum atomic E-state index is 0.0945. The van der Waals surface area contributed by atoms with Crippen molar-refractivity contribution in [1.82, 2.24) is 4.90 Å². The van der Waals surface area contributed by atoms with Gasteiger partial charge >= 0.3 is 0 Å². The van der Waals surface area contributed by atoms with Crippen molar-refractivity contribution in [3.05, 3.63) is 83.6 Å². The van der Waals surface area contributed by atoms with E-state index in [-0.39, 0.29) is 5.54 Å². The van der Waals surface area contributed by atoms with Gasteiger partial charge in [0.25, 0.3) is 0 Å². The first-order valence-corrected chi connectivity index (χ1v) is 10.8. The second kappa shape index (κ2) is 8.34. The molecule has 0 bridgehead atoms. The van der Waals surface area contributed by atoms with Gasteiger partial charge in [-0.3, -0.25) is 0 Å². The molecule has 0 spiro atoms. The Bertz CT molecular complexity index is 827. The number of likely N-dealkylation sites (tertiary alicyclic amines) is 1. The third-order valence-corrected chi connectivity index (χ3v) is 6.61. The molecule has 0 N–H and O–H groups in total. The second-order valence-electron chi connectivity index (χ2n) is 8.76. The van der Waals surface area contributed by atoms with Gasteiger partial charge in [0.1, 0.15) is 6.54 Å². The lowest BCUT2D eigenvalue weighted by molar-refractivity contribution is -0.606. The van der Waals surface area contributed by atoms with Gasteiger partial charge in [0, 0.05) is 45.1 Å². The van der Waals surface area contributed by atoms with Gasteiger partial charge in [-0.05, 0) is 30.4 Å². The number of hydrogen-bond donors (Lipinski definition) is 0. The lowest BCUT2D eigenvalue weighted by Gasteiger charge is -2.39. The Morgan fingerprint density at radius 2 is 1.50 bits per heavy atom. The summed E-state index contributed by atoms with van der Waals surface area (Å²) in [6.07, 6.45) is 9.62. The minimum Gasteiger partial charge on any atom is -0.374 e. The number of benzene rings is 2. The zero-order chi connectivity index (χ0) is 19.4. The molecule has 2 aliphatic rings. The van der Waals surface area contributed by atoms with Crippen molar-refractivity contribution >= 4 is 6.21 Å². The molecule has 1 fully saturated rings. The predicted octanol–water partition coefficient (Wildman–Crippen LogP) is 4.94. The summed E-state index contributed by atoms with van der Waals surface area (Å²) < 4.78 is 2.58. The highest BCUT2D eigenvalue weighted by Gasteiger charge is 2.45. The van der Waals surface area contributed by atoms with Gasteiger partial charge in [-0.2, -0.15) is 0 Å². The normalized spacial score (nSPS) is 21.4. The summed E-state index contributed by atoms with van der Waals surface area (Å²) in [7, 11) is 0. The molecule has 2 aromatic rings. The summed E-state index contributed by atoms with van der Waals surface area (Å²) in [5, 5.41) is 0. The Labute approximate surface area is 170 Å². The van der Waals surface area contributed by atoms with Gasteiger partial charge in [0.2, 0.25) is 0 Å². The highest BCUT2D eigenvalue weighted by Crippen LogP contribution is 2.36. The smallest absolute Gasteiger partial charge is 0.165 e. The lowest BCUT2D eigenvalue weighted by atomic mass is 9.77. The maximum atomic E-state index is 2.64. The van der Waals surface area contributed by atoms with Crippen molar-refractivity contribution in [3.63, 3.8) is 0 Å². The van der Waals surface area contributed by atoms with E-state index in [1.165, 1.54) is 37.1 Å². The Kier molecular flexibility index (Phi) is 5.66. The maximum absolute atomic E-state index is 2.64. The first kappa shape index (κ1) is 19.0. The van der Waals surface area contributed by atoms with Crippen LogP contribution in [-0.4, -0.2) is 40.9 Å². The average molecular weight is 374 g/mol. The van der Waals surface area contributed by atoms with Crippen molar-refractivity contribution in [2.75, 3.05) is 19.6 Å². The molecule has 28 heavy (non-hydrogen) atoms. The monoisotopic (exact) mass is 373 g/mol. The van der Waals surface area contributed by atoms with E-state index in [1.807, 2.05) is 0 Å². The zero-order valence-electron chi connectivity index (χ0n) is 17.3. The summed E-state index contributed by atoms with van der Waals surface area (Å²) in [5.74, 6) is 0.508. The van der Waals surface area contributed by atoms with Crippen LogP contribution in [0.5, 0.6) is 0 Å². The number of allylic oxidation sites excluding steroid dienone is 1. The van der Waals surface area contributed by atoms with E-state index in [4.69, 9.17) is 0 Å². The van der Waals surface area contributed by atoms with E-state index in [2.05, 4.69) is 96.3 Å². The summed E-state index contributed by atoms with van der Waals surface area (Å²) in [6, 6.07) is 21.9. The first-order valence-electron chi connectivity index (χ1n) is 10.8. The number of rotatable bonds is 6. The Morgan fingerprint density at radius 3 is 2.14 bits per heavy atom. The van der Waals surface area contributed by atoms with Gasteiger partial charge in [-0.25, -0.2) is 4.58 Å². The van der Waals surface area contributed by atoms with Crippen LogP contribution in [0.25, 0.3) is 0 Å². The maximum Gasteiger partial charge on any atom is 0.165 e. The first-order chi connectivity index (χ1) is 13.6. The van der Waals surface area contributed by atoms with Crippen molar-refractivity contribution in [1.29, 1.82) is 0 Å². The molecule has 0 aliphatic carbocycles. The van der Waals surface area contributed by atoms with Crippen LogP contribution in [0.4, 0.5) is 0 Å². The number of nitrogens with zero attached hydrogens (tertiary/aromatic N) is 2. The lowest BCUT2D eigenvalue weighted by Crippen LogP contribution is -2.51. The van der Waals surface area contributed by atoms with Gasteiger partial charge in [0.15, 0.2) is 11.8 Å². The highest BCUT2D eigenvalue weighted by molar-refractivity contribution is 5.69. The Hall–Kier alpha value is -2.35. The molecule has 2 heterocycles. The van der Waals surface area contributed by atoms with E-state index in [9.17, 15) is 0 Å². The van der Waals surface area contributed by atoms with Gasteiger partial charge < -0.3 is 4.90 Å². The van der Waals surface area contributed by atoms with Crippen molar-refractivity contribution in [2.45, 2.75) is 45.1 Å². The molecule has 2 nitrogen and oxygen atoms in total. The molecule has 0 aromatic heterocycles. The van der Waals surface area contributed by atoms with Crippen molar-refractivity contribution in [3.8, 4) is 0 Å². The molecule has 0 amide bonds. The standard InChI is InChI=1S/C26H33N2/c1-26(2)24(21-23-13-7-4-8-14-23)25(27-17-9-10-18-27)16-20-28(26)19-15-22-11-5-3-6-12-22/h3-8,11-14,16,20,24H,9-10,15,17-19,21H2,1-2H3/q+1. The molecular weight excluding hydrogens is 340 g/mol. The van der Waals surface area contributed by atoms with Crippen LogP contribution < -0.4 is 0 Å². The molecule has 0 saturated carbocycles. The minimum absolute atomic E-state index is 0.0945. The van der Waals surface area contributed by atoms with E-state index in [0.29, 0.717) is 5.92 Å². The molecule has 1 saturated heterocycles. The fourth-order valence-electron chi connectivity index (χ4n) is 4.80. The highest BCUT2D eigenvalue weighted by atomic mass is 15.2. The fraction of sp³-hybridized carbons (Fsp3) is 0.423. The van der Waals surface area contributed by atoms with Gasteiger partial charge in [-0.15, -0.1) is 0 Å². The Morgan fingerprint density at radius 1 is 0.893 bits per heavy atom. The summed E-state index contributed by atoms with van der Waals surface area (Å²) in [4.78, 5) is 2.64. The predicted molar refractivity (Wildman–Crippen MR) is 118 cm³/mol. The average Bonchev–Trinajstić information content (AvgIpc) is 3.25. The quantitative estimate of drug-likeness (QED) is 0.650. The van der Waals surface area contributed by atoms with Crippen LogP contribution in [0.2, 0.25) is 0 Å². The van der Waals surface area contributed by atoms with E-state index < -0.39 is 0 Å². The summed E-state index contributed by atoms with van der Waals surface area (Å²) in [5.41, 5.74) is 4.50. The molecule has 4 rings (SSSR count). The third kappa shape index (κ3) is 4.06. The molecule has 2 aromatic carbocycles. The van der Waals surface area contributed by atoms with Crippen LogP contribution in [0.15, 0.2) is 72.4 Å². The van der Waals surface area contributed by atoms with E-state index >= 15 is 0 Å². The second-order valence-corrected chi connectivity index (χ2v) is 8.76. The van der Waals surface area contributed by atoms with Gasteiger partial charge in [0.05, 0.1) is 5.92 Å². The molecule has 0 radical (unpaired) electrons. The Balaban J connectivity index is 1.60. The van der Waals surface area contributed by atoms with E-state index in [1.54, 1.807) is 5.70 Å². The summed E-state index contributed by atoms with van der Waals surface area (Å²) >= 11 is 0. The zero-order valence-corrected chi connectivity index (χ0v) is 17.3. The third-order valence-electron chi connectivity index (χ3n) is 6.61. The molecule has 1 unspecified atom stereocenters. The molecule has 2 aliphatic heterocycles. The van der Waals surface area contributed by atoms with Gasteiger partial charge in [-0.1, -0.05) is 60.7 Å². The van der Waals surface area contributed by atoms with Crippen LogP contribution in [-0.2, 0) is 12.8 Å². The van der Waals surface area contributed by atoms with E-state index in [0.717, 1.165) is 19.4 Å². The van der Waals surface area contributed by atoms with Crippen molar-refractivity contribution < 1.29 is 4.58 Å². The molecule has 146 valence electrons. The van der Waals surface area contributed by atoms with Crippen LogP contribution >= 0.6 is 0 Å². The van der Waals surface area contributed by atoms with Crippen LogP contribution in [0.1, 0.15) is 37.8 Å². The fourth-order valence-corrected chi connectivity index (χ4v) is 4.80. The van der Waals surface area contributed by atoms with Crippen LogP contribution in [0.3, 0.4) is 0 Å². The molecule has 2 heteroatoms. The topological polar surface area (TPSA) is 6.25 Å². The van der Waals surface area contributed by atoms with Crippen molar-refractivity contribution in [2.24, 2.45) is 5.92 Å².